The number of hydrogen-bond donors (Lipinski definition) is 0. The fourth-order valence-corrected chi connectivity index (χ4v) is 1.71. The Morgan fingerprint density at radius 1 is 1.00 bits per heavy atom. The first kappa shape index (κ1) is 11.6. The first-order chi connectivity index (χ1) is 8.25. The fraction of sp³-hybridized carbons (Fsp3) is 0.125. The Bertz CT molecular complexity index is 495. The molecule has 0 nitrogen and oxygen atoms in total. The van der Waals surface area contributed by atoms with Crippen molar-refractivity contribution in [1.82, 2.24) is 0 Å². The average Bonchev–Trinajstić information content (AvgIpc) is 2.39. The summed E-state index contributed by atoms with van der Waals surface area (Å²) in [6.07, 6.45) is 3.00. The second kappa shape index (κ2) is 5.44. The van der Waals surface area contributed by atoms with E-state index in [9.17, 15) is 4.39 Å². The molecule has 0 radical (unpaired) electrons. The van der Waals surface area contributed by atoms with Crippen LogP contribution in [0.15, 0.2) is 60.7 Å². The summed E-state index contributed by atoms with van der Waals surface area (Å²) < 4.78 is 12.7. The highest BCUT2D eigenvalue weighted by atomic mass is 19.1. The molecule has 0 amide bonds. The molecule has 0 atom stereocenters. The smallest absolute Gasteiger partial charge is 0.123 e. The Hall–Kier alpha value is -1.89. The van der Waals surface area contributed by atoms with E-state index in [1.54, 1.807) is 0 Å². The molecule has 86 valence electrons. The zero-order chi connectivity index (χ0) is 12.1. The van der Waals surface area contributed by atoms with Gasteiger partial charge in [0.25, 0.3) is 0 Å². The van der Waals surface area contributed by atoms with E-state index < -0.39 is 0 Å². The predicted octanol–water partition coefficient (Wildman–Crippen LogP) is 4.47. The Labute approximate surface area is 101 Å². The van der Waals surface area contributed by atoms with Gasteiger partial charge in [0.15, 0.2) is 0 Å². The zero-order valence-corrected chi connectivity index (χ0v) is 9.86. The quantitative estimate of drug-likeness (QED) is 0.724. The number of benzene rings is 2. The van der Waals surface area contributed by atoms with E-state index in [2.05, 4.69) is 25.1 Å². The fourth-order valence-electron chi connectivity index (χ4n) is 1.71. The first-order valence-electron chi connectivity index (χ1n) is 5.72. The Morgan fingerprint density at radius 2 is 1.65 bits per heavy atom. The van der Waals surface area contributed by atoms with Gasteiger partial charge in [-0.1, -0.05) is 48.5 Å². The minimum atomic E-state index is -0.183. The van der Waals surface area contributed by atoms with Crippen molar-refractivity contribution in [2.45, 2.75) is 13.3 Å². The van der Waals surface area contributed by atoms with Gasteiger partial charge < -0.3 is 0 Å². The van der Waals surface area contributed by atoms with Crippen LogP contribution in [0.5, 0.6) is 0 Å². The molecule has 0 aromatic heterocycles. The van der Waals surface area contributed by atoms with Gasteiger partial charge >= 0.3 is 0 Å². The molecule has 2 rings (SSSR count). The van der Waals surface area contributed by atoms with Crippen LogP contribution in [-0.4, -0.2) is 0 Å². The summed E-state index contributed by atoms with van der Waals surface area (Å²) in [6.45, 7) is 2.10. The number of halogens is 1. The lowest BCUT2D eigenvalue weighted by molar-refractivity contribution is 0.627. The average molecular weight is 226 g/mol. The van der Waals surface area contributed by atoms with Crippen LogP contribution in [-0.2, 0) is 6.42 Å². The molecule has 2 aromatic carbocycles. The van der Waals surface area contributed by atoms with E-state index in [1.807, 2.05) is 30.3 Å². The molecule has 0 aliphatic rings. The van der Waals surface area contributed by atoms with Crippen molar-refractivity contribution in [3.8, 4) is 0 Å². The normalized spacial score (nSPS) is 11.5. The van der Waals surface area contributed by atoms with Gasteiger partial charge in [-0.15, -0.1) is 0 Å². The van der Waals surface area contributed by atoms with Crippen molar-refractivity contribution in [2.24, 2.45) is 0 Å². The van der Waals surface area contributed by atoms with Gasteiger partial charge in [0.2, 0.25) is 0 Å². The highest BCUT2D eigenvalue weighted by molar-refractivity contribution is 5.63. The minimum absolute atomic E-state index is 0.183. The largest absolute Gasteiger partial charge is 0.207 e. The van der Waals surface area contributed by atoms with Crippen molar-refractivity contribution >= 4 is 5.57 Å². The maximum Gasteiger partial charge on any atom is 0.123 e. The standard InChI is InChI=1S/C16H15F/c1-13(15-5-3-2-4-6-15)7-8-14-9-11-16(17)12-10-14/h2-7,9-12H,8H2,1H3/b13-7-. The highest BCUT2D eigenvalue weighted by Crippen LogP contribution is 2.14. The molecule has 17 heavy (non-hydrogen) atoms. The third kappa shape index (κ3) is 3.28. The van der Waals surface area contributed by atoms with Gasteiger partial charge in [-0.2, -0.15) is 0 Å². The molecular formula is C16H15F. The van der Waals surface area contributed by atoms with Gasteiger partial charge in [-0.05, 0) is 42.2 Å². The topological polar surface area (TPSA) is 0 Å². The second-order valence-electron chi connectivity index (χ2n) is 4.08. The van der Waals surface area contributed by atoms with E-state index in [1.165, 1.54) is 23.3 Å². The van der Waals surface area contributed by atoms with Crippen LogP contribution in [0.3, 0.4) is 0 Å². The summed E-state index contributed by atoms with van der Waals surface area (Å²) in [4.78, 5) is 0. The molecule has 0 bridgehead atoms. The summed E-state index contributed by atoms with van der Waals surface area (Å²) in [5, 5.41) is 0. The minimum Gasteiger partial charge on any atom is -0.207 e. The monoisotopic (exact) mass is 226 g/mol. The molecule has 0 saturated heterocycles. The summed E-state index contributed by atoms with van der Waals surface area (Å²) in [5.41, 5.74) is 3.60. The maximum atomic E-state index is 12.7. The van der Waals surface area contributed by atoms with Crippen molar-refractivity contribution < 1.29 is 4.39 Å². The summed E-state index contributed by atoms with van der Waals surface area (Å²) in [5.74, 6) is -0.183. The molecular weight excluding hydrogens is 211 g/mol. The Morgan fingerprint density at radius 3 is 2.29 bits per heavy atom. The van der Waals surface area contributed by atoms with Crippen molar-refractivity contribution in [3.05, 3.63) is 77.6 Å². The molecule has 0 saturated carbocycles. The maximum absolute atomic E-state index is 12.7. The van der Waals surface area contributed by atoms with Crippen LogP contribution < -0.4 is 0 Å². The van der Waals surface area contributed by atoms with Crippen molar-refractivity contribution in [3.63, 3.8) is 0 Å². The van der Waals surface area contributed by atoms with E-state index in [-0.39, 0.29) is 5.82 Å². The van der Waals surface area contributed by atoms with Crippen molar-refractivity contribution in [2.75, 3.05) is 0 Å². The van der Waals surface area contributed by atoms with Crippen LogP contribution in [0.2, 0.25) is 0 Å². The Balaban J connectivity index is 2.08. The van der Waals surface area contributed by atoms with Crippen LogP contribution in [0.1, 0.15) is 18.1 Å². The molecule has 0 aliphatic carbocycles. The molecule has 0 unspecified atom stereocenters. The lowest BCUT2D eigenvalue weighted by Gasteiger charge is -2.02. The lowest BCUT2D eigenvalue weighted by atomic mass is 10.0. The summed E-state index contributed by atoms with van der Waals surface area (Å²) >= 11 is 0. The van der Waals surface area contributed by atoms with Gasteiger partial charge in [0.1, 0.15) is 5.82 Å². The highest BCUT2D eigenvalue weighted by Gasteiger charge is 1.95. The van der Waals surface area contributed by atoms with Crippen LogP contribution in [0.25, 0.3) is 5.57 Å². The first-order valence-corrected chi connectivity index (χ1v) is 5.72. The van der Waals surface area contributed by atoms with Gasteiger partial charge in [0.05, 0.1) is 0 Å². The second-order valence-corrected chi connectivity index (χ2v) is 4.08. The van der Waals surface area contributed by atoms with Crippen LogP contribution in [0.4, 0.5) is 4.39 Å². The van der Waals surface area contributed by atoms with E-state index >= 15 is 0 Å². The molecule has 0 heterocycles. The zero-order valence-electron chi connectivity index (χ0n) is 9.86. The van der Waals surface area contributed by atoms with Gasteiger partial charge in [-0.3, -0.25) is 0 Å². The molecule has 0 spiro atoms. The molecule has 1 heteroatoms. The third-order valence-electron chi connectivity index (χ3n) is 2.79. The van der Waals surface area contributed by atoms with Crippen molar-refractivity contribution in [1.29, 1.82) is 0 Å². The summed E-state index contributed by atoms with van der Waals surface area (Å²) in [7, 11) is 0. The van der Waals surface area contributed by atoms with Crippen LogP contribution >= 0.6 is 0 Å². The number of hydrogen-bond acceptors (Lipinski definition) is 0. The molecule has 0 N–H and O–H groups in total. The SMILES string of the molecule is C/C(=C/Cc1ccc(F)cc1)c1ccccc1. The molecule has 0 aliphatic heterocycles. The lowest BCUT2D eigenvalue weighted by Crippen LogP contribution is -1.84. The predicted molar refractivity (Wildman–Crippen MR) is 70.2 cm³/mol. The van der Waals surface area contributed by atoms with E-state index in [4.69, 9.17) is 0 Å². The van der Waals surface area contributed by atoms with Crippen LogP contribution in [0, 0.1) is 5.82 Å². The van der Waals surface area contributed by atoms with Gasteiger partial charge in [-0.25, -0.2) is 4.39 Å². The van der Waals surface area contributed by atoms with E-state index in [0.29, 0.717) is 0 Å². The number of rotatable bonds is 3. The summed E-state index contributed by atoms with van der Waals surface area (Å²) in [6, 6.07) is 16.9. The Kier molecular flexibility index (Phi) is 3.71. The van der Waals surface area contributed by atoms with E-state index in [0.717, 1.165) is 12.0 Å². The number of allylic oxidation sites excluding steroid dienone is 2. The third-order valence-corrected chi connectivity index (χ3v) is 2.79. The molecule has 2 aromatic rings. The molecule has 0 fully saturated rings. The van der Waals surface area contributed by atoms with Gasteiger partial charge in [0, 0.05) is 0 Å².